The van der Waals surface area contributed by atoms with Crippen LogP contribution in [0.4, 0.5) is 11.6 Å². The van der Waals surface area contributed by atoms with E-state index in [-0.39, 0.29) is 0 Å². The van der Waals surface area contributed by atoms with Crippen LogP contribution >= 0.6 is 11.8 Å². The zero-order valence-corrected chi connectivity index (χ0v) is 13.8. The van der Waals surface area contributed by atoms with E-state index in [1.54, 1.807) is 6.33 Å². The molecule has 4 nitrogen and oxygen atoms in total. The van der Waals surface area contributed by atoms with Crippen LogP contribution in [-0.2, 0) is 0 Å². The second kappa shape index (κ2) is 7.16. The quantitative estimate of drug-likeness (QED) is 0.871. The average Bonchev–Trinajstić information content (AvgIpc) is 2.97. The van der Waals surface area contributed by atoms with E-state index in [0.29, 0.717) is 12.0 Å². The Hall–Kier alpha value is -0.970. The summed E-state index contributed by atoms with van der Waals surface area (Å²) in [4.78, 5) is 11.4. The van der Waals surface area contributed by atoms with E-state index in [4.69, 9.17) is 0 Å². The second-order valence-corrected chi connectivity index (χ2v) is 6.82. The summed E-state index contributed by atoms with van der Waals surface area (Å²) in [6.07, 6.45) is 4.05. The van der Waals surface area contributed by atoms with Crippen molar-refractivity contribution in [2.24, 2.45) is 0 Å². The minimum Gasteiger partial charge on any atom is -0.370 e. The molecule has 1 saturated heterocycles. The monoisotopic (exact) mass is 294 g/mol. The molecule has 0 spiro atoms. The first-order chi connectivity index (χ1) is 9.65. The van der Waals surface area contributed by atoms with Gasteiger partial charge in [0.05, 0.1) is 0 Å². The van der Waals surface area contributed by atoms with Gasteiger partial charge in [-0.15, -0.1) is 0 Å². The van der Waals surface area contributed by atoms with Gasteiger partial charge in [0.15, 0.2) is 0 Å². The fourth-order valence-electron chi connectivity index (χ4n) is 2.58. The minimum absolute atomic E-state index is 0.419. The SMILES string of the molecule is CCCNc1ncnc(N(C)C2CCSC2)c1C(C)C. The maximum absolute atomic E-state index is 4.58. The Morgan fingerprint density at radius 2 is 2.25 bits per heavy atom. The summed E-state index contributed by atoms with van der Waals surface area (Å²) in [5, 5.41) is 3.45. The first kappa shape index (κ1) is 15.4. The van der Waals surface area contributed by atoms with Crippen LogP contribution in [0.15, 0.2) is 6.33 Å². The third kappa shape index (κ3) is 3.37. The third-order valence-corrected chi connectivity index (χ3v) is 4.91. The lowest BCUT2D eigenvalue weighted by Crippen LogP contribution is -2.33. The highest BCUT2D eigenvalue weighted by molar-refractivity contribution is 7.99. The maximum Gasteiger partial charge on any atom is 0.137 e. The van der Waals surface area contributed by atoms with Crippen molar-refractivity contribution < 1.29 is 0 Å². The average molecular weight is 294 g/mol. The molecule has 2 heterocycles. The molecule has 1 atom stereocenters. The Labute approximate surface area is 126 Å². The molecule has 112 valence electrons. The van der Waals surface area contributed by atoms with Gasteiger partial charge in [-0.3, -0.25) is 0 Å². The largest absolute Gasteiger partial charge is 0.370 e. The topological polar surface area (TPSA) is 41.1 Å². The molecule has 1 aromatic rings. The zero-order valence-electron chi connectivity index (χ0n) is 13.0. The molecular weight excluding hydrogens is 268 g/mol. The van der Waals surface area contributed by atoms with Crippen molar-refractivity contribution in [3.8, 4) is 0 Å². The number of hydrogen-bond acceptors (Lipinski definition) is 5. The Bertz CT molecular complexity index is 430. The molecule has 1 fully saturated rings. The molecule has 0 radical (unpaired) electrons. The lowest BCUT2D eigenvalue weighted by molar-refractivity contribution is 0.680. The molecule has 0 saturated carbocycles. The van der Waals surface area contributed by atoms with E-state index in [0.717, 1.165) is 24.6 Å². The normalized spacial score (nSPS) is 18.6. The highest BCUT2D eigenvalue weighted by Gasteiger charge is 2.25. The number of nitrogens with one attached hydrogen (secondary N) is 1. The van der Waals surface area contributed by atoms with Gasteiger partial charge in [0, 0.05) is 31.0 Å². The van der Waals surface area contributed by atoms with Crippen molar-refractivity contribution in [1.29, 1.82) is 0 Å². The number of anilines is 2. The van der Waals surface area contributed by atoms with Gasteiger partial charge in [-0.25, -0.2) is 9.97 Å². The number of nitrogens with zero attached hydrogens (tertiary/aromatic N) is 3. The van der Waals surface area contributed by atoms with E-state index >= 15 is 0 Å². The van der Waals surface area contributed by atoms with Crippen LogP contribution in [-0.4, -0.2) is 41.1 Å². The molecular formula is C15H26N4S. The highest BCUT2D eigenvalue weighted by atomic mass is 32.2. The fraction of sp³-hybridized carbons (Fsp3) is 0.733. The molecule has 0 aliphatic carbocycles. The number of hydrogen-bond donors (Lipinski definition) is 1. The highest BCUT2D eigenvalue weighted by Crippen LogP contribution is 2.33. The van der Waals surface area contributed by atoms with E-state index in [1.165, 1.54) is 23.5 Å². The Morgan fingerprint density at radius 3 is 2.85 bits per heavy atom. The molecule has 1 aromatic heterocycles. The Balaban J connectivity index is 2.30. The first-order valence-corrected chi connectivity index (χ1v) is 8.70. The maximum atomic E-state index is 4.58. The van der Waals surface area contributed by atoms with Gasteiger partial charge in [-0.05, 0) is 24.5 Å². The lowest BCUT2D eigenvalue weighted by Gasteiger charge is -2.28. The molecule has 1 aliphatic heterocycles. The van der Waals surface area contributed by atoms with Crippen LogP contribution in [0, 0.1) is 0 Å². The summed E-state index contributed by atoms with van der Waals surface area (Å²) < 4.78 is 0. The lowest BCUT2D eigenvalue weighted by atomic mass is 10.0. The van der Waals surface area contributed by atoms with E-state index in [2.05, 4.69) is 48.0 Å². The van der Waals surface area contributed by atoms with Crippen molar-refractivity contribution in [1.82, 2.24) is 9.97 Å². The van der Waals surface area contributed by atoms with Gasteiger partial charge < -0.3 is 10.2 Å². The summed E-state index contributed by atoms with van der Waals surface area (Å²) in [5.41, 5.74) is 1.25. The Morgan fingerprint density at radius 1 is 1.45 bits per heavy atom. The summed E-state index contributed by atoms with van der Waals surface area (Å²) >= 11 is 2.04. The van der Waals surface area contributed by atoms with Crippen molar-refractivity contribution in [3.63, 3.8) is 0 Å². The molecule has 20 heavy (non-hydrogen) atoms. The summed E-state index contributed by atoms with van der Waals surface area (Å²) in [5.74, 6) is 4.99. The summed E-state index contributed by atoms with van der Waals surface area (Å²) in [6, 6.07) is 0.603. The summed E-state index contributed by atoms with van der Waals surface area (Å²) in [7, 11) is 2.17. The first-order valence-electron chi connectivity index (χ1n) is 7.54. The molecule has 0 aromatic carbocycles. The molecule has 5 heteroatoms. The predicted molar refractivity (Wildman–Crippen MR) is 89.0 cm³/mol. The van der Waals surface area contributed by atoms with Crippen molar-refractivity contribution in [2.75, 3.05) is 35.3 Å². The third-order valence-electron chi connectivity index (χ3n) is 3.77. The molecule has 0 bridgehead atoms. The molecule has 1 N–H and O–H groups in total. The number of thioether (sulfide) groups is 1. The van der Waals surface area contributed by atoms with Crippen LogP contribution in [0.1, 0.15) is 45.1 Å². The van der Waals surface area contributed by atoms with Crippen molar-refractivity contribution >= 4 is 23.4 Å². The standard InChI is InChI=1S/C15H26N4S/c1-5-7-16-14-13(11(2)3)15(18-10-17-14)19(4)12-6-8-20-9-12/h10-12H,5-9H2,1-4H3,(H,16,17,18). The van der Waals surface area contributed by atoms with Crippen molar-refractivity contribution in [2.45, 2.75) is 45.6 Å². The van der Waals surface area contributed by atoms with Gasteiger partial charge in [-0.1, -0.05) is 20.8 Å². The van der Waals surface area contributed by atoms with Gasteiger partial charge in [0.25, 0.3) is 0 Å². The van der Waals surface area contributed by atoms with Crippen LogP contribution in [0.2, 0.25) is 0 Å². The van der Waals surface area contributed by atoms with E-state index in [1.807, 2.05) is 11.8 Å². The Kier molecular flexibility index (Phi) is 5.52. The van der Waals surface area contributed by atoms with Gasteiger partial charge >= 0.3 is 0 Å². The summed E-state index contributed by atoms with van der Waals surface area (Å²) in [6.45, 7) is 7.57. The molecule has 1 aliphatic rings. The van der Waals surface area contributed by atoms with Crippen LogP contribution < -0.4 is 10.2 Å². The molecule has 0 amide bonds. The van der Waals surface area contributed by atoms with Crippen LogP contribution in [0.3, 0.4) is 0 Å². The van der Waals surface area contributed by atoms with Gasteiger partial charge in [0.2, 0.25) is 0 Å². The van der Waals surface area contributed by atoms with Gasteiger partial charge in [0.1, 0.15) is 18.0 Å². The predicted octanol–water partition coefficient (Wildman–Crippen LogP) is 3.36. The molecule has 2 rings (SSSR count). The smallest absolute Gasteiger partial charge is 0.137 e. The number of aromatic nitrogens is 2. The minimum atomic E-state index is 0.419. The molecule has 1 unspecified atom stereocenters. The van der Waals surface area contributed by atoms with E-state index < -0.39 is 0 Å². The zero-order chi connectivity index (χ0) is 14.5. The van der Waals surface area contributed by atoms with Crippen LogP contribution in [0.25, 0.3) is 0 Å². The van der Waals surface area contributed by atoms with Gasteiger partial charge in [-0.2, -0.15) is 11.8 Å². The van der Waals surface area contributed by atoms with Crippen LogP contribution in [0.5, 0.6) is 0 Å². The van der Waals surface area contributed by atoms with E-state index in [9.17, 15) is 0 Å². The second-order valence-electron chi connectivity index (χ2n) is 5.67. The van der Waals surface area contributed by atoms with Crippen molar-refractivity contribution in [3.05, 3.63) is 11.9 Å². The fourth-order valence-corrected chi connectivity index (χ4v) is 3.85. The number of rotatable bonds is 6.